The largest absolute Gasteiger partial charge is 0.369 e. The van der Waals surface area contributed by atoms with Gasteiger partial charge in [0, 0.05) is 55.2 Å². The number of amides is 3. The lowest BCUT2D eigenvalue weighted by Crippen LogP contribution is -2.44. The van der Waals surface area contributed by atoms with Crippen LogP contribution in [0.25, 0.3) is 0 Å². The van der Waals surface area contributed by atoms with E-state index in [1.54, 1.807) is 0 Å². The van der Waals surface area contributed by atoms with Gasteiger partial charge >= 0.3 is 6.03 Å². The summed E-state index contributed by atoms with van der Waals surface area (Å²) in [4.78, 5) is 29.8. The summed E-state index contributed by atoms with van der Waals surface area (Å²) in [6.07, 6.45) is 5.97. The zero-order valence-electron chi connectivity index (χ0n) is 22.9. The van der Waals surface area contributed by atoms with Crippen molar-refractivity contribution < 1.29 is 9.59 Å². The Kier molecular flexibility index (Phi) is 8.46. The van der Waals surface area contributed by atoms with E-state index >= 15 is 0 Å². The maximum atomic E-state index is 12.8. The molecule has 1 aromatic heterocycles. The number of nitrogens with one attached hydrogen (secondary N) is 4. The van der Waals surface area contributed by atoms with Crippen molar-refractivity contribution in [3.05, 3.63) is 70.9 Å². The molecule has 2 heterocycles. The van der Waals surface area contributed by atoms with Gasteiger partial charge in [-0.2, -0.15) is 5.10 Å². The average Bonchev–Trinajstić information content (AvgIpc) is 3.61. The van der Waals surface area contributed by atoms with Gasteiger partial charge in [-0.15, -0.1) is 0 Å². The van der Waals surface area contributed by atoms with E-state index < -0.39 is 0 Å². The molecule has 9 heteroatoms. The third-order valence-electron chi connectivity index (χ3n) is 7.82. The highest BCUT2D eigenvalue weighted by Crippen LogP contribution is 2.21. The van der Waals surface area contributed by atoms with E-state index in [0.29, 0.717) is 17.8 Å². The van der Waals surface area contributed by atoms with Crippen molar-refractivity contribution in [1.29, 1.82) is 0 Å². The lowest BCUT2D eigenvalue weighted by atomic mass is 10.0. The van der Waals surface area contributed by atoms with E-state index in [1.807, 2.05) is 48.5 Å². The molecular formula is C30H39N7O2. The maximum Gasteiger partial charge on any atom is 0.319 e. The molecule has 0 unspecified atom stereocenters. The highest BCUT2D eigenvalue weighted by atomic mass is 16.2. The molecule has 9 nitrogen and oxygen atoms in total. The lowest BCUT2D eigenvalue weighted by Gasteiger charge is -2.34. The van der Waals surface area contributed by atoms with E-state index in [-0.39, 0.29) is 18.0 Å². The highest BCUT2D eigenvalue weighted by Gasteiger charge is 2.18. The molecule has 2 fully saturated rings. The molecule has 0 bridgehead atoms. The molecule has 1 saturated heterocycles. The Bertz CT molecular complexity index is 1270. The number of rotatable bonds is 8. The minimum atomic E-state index is -0.166. The van der Waals surface area contributed by atoms with Gasteiger partial charge in [0.25, 0.3) is 5.91 Å². The van der Waals surface area contributed by atoms with Crippen LogP contribution < -0.4 is 20.9 Å². The quantitative estimate of drug-likeness (QED) is 0.342. The van der Waals surface area contributed by atoms with Crippen LogP contribution in [0.1, 0.15) is 52.9 Å². The molecule has 0 radical (unpaired) electrons. The average molecular weight is 530 g/mol. The number of anilines is 3. The van der Waals surface area contributed by atoms with E-state index in [9.17, 15) is 9.59 Å². The van der Waals surface area contributed by atoms with Crippen LogP contribution in [0.5, 0.6) is 0 Å². The third-order valence-corrected chi connectivity index (χ3v) is 7.82. The first-order chi connectivity index (χ1) is 18.9. The molecule has 5 rings (SSSR count). The number of nitrogens with zero attached hydrogens (tertiary/aromatic N) is 3. The number of hydrogen-bond donors (Lipinski definition) is 4. The van der Waals surface area contributed by atoms with Gasteiger partial charge in [-0.25, -0.2) is 4.79 Å². The molecule has 1 aliphatic heterocycles. The standard InChI is InChI=1S/C30H39N7O2/c1-21-7-11-25(32-30(39)31-24-5-3-4-6-24)19-23(21)8-12-26-20-28(35-34-26)33-29(38)22-9-13-27(14-10-22)37-17-15-36(2)16-18-37/h7,9-11,13-14,19-20,24H,3-6,8,12,15-18H2,1-2H3,(H2,31,32,39)(H2,33,34,35,38). The first-order valence-electron chi connectivity index (χ1n) is 14.0. The topological polar surface area (TPSA) is 105 Å². The van der Waals surface area contributed by atoms with Crippen LogP contribution in [0.3, 0.4) is 0 Å². The molecule has 2 aromatic carbocycles. The van der Waals surface area contributed by atoms with Gasteiger partial charge in [0.1, 0.15) is 5.82 Å². The molecule has 39 heavy (non-hydrogen) atoms. The number of piperazine rings is 1. The van der Waals surface area contributed by atoms with Gasteiger partial charge < -0.3 is 25.8 Å². The Morgan fingerprint density at radius 1 is 0.949 bits per heavy atom. The van der Waals surface area contributed by atoms with E-state index in [0.717, 1.165) is 68.1 Å². The van der Waals surface area contributed by atoms with Crippen molar-refractivity contribution in [2.45, 2.75) is 51.5 Å². The second-order valence-electron chi connectivity index (χ2n) is 10.8. The zero-order valence-corrected chi connectivity index (χ0v) is 22.9. The smallest absolute Gasteiger partial charge is 0.319 e. The number of likely N-dealkylation sites (N-methyl/N-ethyl adjacent to an activating group) is 1. The summed E-state index contributed by atoms with van der Waals surface area (Å²) in [5.41, 5.74) is 5.74. The zero-order chi connectivity index (χ0) is 27.2. The molecule has 0 spiro atoms. The van der Waals surface area contributed by atoms with E-state index in [1.165, 1.54) is 18.4 Å². The fraction of sp³-hybridized carbons (Fsp3) is 0.433. The number of benzene rings is 2. The summed E-state index contributed by atoms with van der Waals surface area (Å²) in [6, 6.07) is 15.8. The molecule has 206 valence electrons. The minimum Gasteiger partial charge on any atom is -0.369 e. The first-order valence-corrected chi connectivity index (χ1v) is 14.0. The van der Waals surface area contributed by atoms with Crippen molar-refractivity contribution in [3.8, 4) is 0 Å². The summed E-state index contributed by atoms with van der Waals surface area (Å²) >= 11 is 0. The number of hydrogen-bond acceptors (Lipinski definition) is 5. The summed E-state index contributed by atoms with van der Waals surface area (Å²) in [6.45, 7) is 6.15. The summed E-state index contributed by atoms with van der Waals surface area (Å²) in [5, 5.41) is 16.3. The number of aryl methyl sites for hydroxylation is 3. The van der Waals surface area contributed by atoms with Crippen molar-refractivity contribution in [2.75, 3.05) is 48.8 Å². The minimum absolute atomic E-state index is 0.140. The van der Waals surface area contributed by atoms with Gasteiger partial charge in [-0.3, -0.25) is 9.89 Å². The van der Waals surface area contributed by atoms with Gasteiger partial charge in [0.05, 0.1) is 5.69 Å². The van der Waals surface area contributed by atoms with Gasteiger partial charge in [-0.05, 0) is 87.2 Å². The Hall–Kier alpha value is -3.85. The van der Waals surface area contributed by atoms with Crippen LogP contribution in [-0.2, 0) is 12.8 Å². The van der Waals surface area contributed by atoms with Crippen LogP contribution in [0.4, 0.5) is 22.0 Å². The normalized spacial score (nSPS) is 16.3. The fourth-order valence-corrected chi connectivity index (χ4v) is 5.34. The first kappa shape index (κ1) is 26.7. The molecule has 3 aromatic rings. The van der Waals surface area contributed by atoms with Gasteiger partial charge in [-0.1, -0.05) is 18.9 Å². The number of aromatic nitrogens is 2. The van der Waals surface area contributed by atoms with E-state index in [2.05, 4.69) is 49.9 Å². The second-order valence-corrected chi connectivity index (χ2v) is 10.8. The second kappa shape index (κ2) is 12.3. The summed E-state index contributed by atoms with van der Waals surface area (Å²) in [5.74, 6) is 0.412. The Morgan fingerprint density at radius 3 is 2.44 bits per heavy atom. The van der Waals surface area contributed by atoms with Crippen LogP contribution in [0.15, 0.2) is 48.5 Å². The van der Waals surface area contributed by atoms with Crippen LogP contribution in [-0.4, -0.2) is 66.3 Å². The predicted octanol–water partition coefficient (Wildman–Crippen LogP) is 4.57. The van der Waals surface area contributed by atoms with Crippen LogP contribution in [0.2, 0.25) is 0 Å². The van der Waals surface area contributed by atoms with Gasteiger partial charge in [0.2, 0.25) is 0 Å². The molecule has 3 amide bonds. The monoisotopic (exact) mass is 529 g/mol. The van der Waals surface area contributed by atoms with Crippen molar-refractivity contribution in [1.82, 2.24) is 20.4 Å². The summed E-state index contributed by atoms with van der Waals surface area (Å²) < 4.78 is 0. The summed E-state index contributed by atoms with van der Waals surface area (Å²) in [7, 11) is 2.14. The Labute approximate surface area is 230 Å². The Morgan fingerprint density at radius 2 is 1.69 bits per heavy atom. The molecule has 4 N–H and O–H groups in total. The maximum absolute atomic E-state index is 12.8. The predicted molar refractivity (Wildman–Crippen MR) is 156 cm³/mol. The number of carbonyl (C=O) groups is 2. The van der Waals surface area contributed by atoms with Gasteiger partial charge in [0.15, 0.2) is 0 Å². The molecule has 0 atom stereocenters. The number of aromatic amines is 1. The number of urea groups is 1. The van der Waals surface area contributed by atoms with Crippen molar-refractivity contribution in [3.63, 3.8) is 0 Å². The number of H-pyrrole nitrogens is 1. The highest BCUT2D eigenvalue weighted by molar-refractivity contribution is 6.04. The Balaban J connectivity index is 1.12. The van der Waals surface area contributed by atoms with Crippen molar-refractivity contribution in [2.24, 2.45) is 0 Å². The lowest BCUT2D eigenvalue weighted by molar-refractivity contribution is 0.102. The molecule has 1 saturated carbocycles. The fourth-order valence-electron chi connectivity index (χ4n) is 5.34. The molecule has 1 aliphatic carbocycles. The number of carbonyl (C=O) groups excluding carboxylic acids is 2. The third kappa shape index (κ3) is 7.17. The van der Waals surface area contributed by atoms with Crippen LogP contribution in [0, 0.1) is 6.92 Å². The molecule has 2 aliphatic rings. The molecular weight excluding hydrogens is 490 g/mol. The van der Waals surface area contributed by atoms with Crippen LogP contribution >= 0.6 is 0 Å². The van der Waals surface area contributed by atoms with Crippen molar-refractivity contribution >= 4 is 29.1 Å². The van der Waals surface area contributed by atoms with E-state index in [4.69, 9.17) is 0 Å². The SMILES string of the molecule is Cc1ccc(NC(=O)NC2CCCC2)cc1CCc1cc(NC(=O)c2ccc(N3CCN(C)CC3)cc2)[nH]n1.